The zero-order valence-electron chi connectivity index (χ0n) is 10.7. The molecule has 3 N–H and O–H groups in total. The number of nitrogens with two attached hydrogens (primary N) is 1. The van der Waals surface area contributed by atoms with Crippen LogP contribution >= 0.6 is 0 Å². The molecule has 1 unspecified atom stereocenters. The second-order valence-corrected chi connectivity index (χ2v) is 5.02. The van der Waals surface area contributed by atoms with E-state index in [0.29, 0.717) is 12.0 Å². The maximum Gasteiger partial charge on any atom is 0.251 e. The van der Waals surface area contributed by atoms with Crippen molar-refractivity contribution in [2.24, 2.45) is 11.8 Å². The number of nitrogens with zero attached hydrogens (tertiary/aromatic N) is 1. The zero-order chi connectivity index (χ0) is 12.1. The molecule has 0 saturated heterocycles. The lowest BCUT2D eigenvalue weighted by atomic mass is 10.0. The predicted octanol–water partition coefficient (Wildman–Crippen LogP) is 1.27. The molecule has 0 spiro atoms. The molecular formula is C12H25N3O. The van der Waals surface area contributed by atoms with Crippen LogP contribution in [-0.2, 0) is 4.79 Å². The standard InChI is InChI=1S/C12H25N3O/c1-4-5-8-15(10-6-7-10)11(9(2)3)12(16)14-13/h9-11H,4-8,13H2,1-3H3,(H,14,16). The number of hydrazine groups is 1. The maximum atomic E-state index is 11.8. The van der Waals surface area contributed by atoms with E-state index in [1.54, 1.807) is 0 Å². The van der Waals surface area contributed by atoms with Crippen LogP contribution in [0.2, 0.25) is 0 Å². The lowest BCUT2D eigenvalue weighted by Crippen LogP contribution is -2.52. The molecule has 1 aliphatic rings. The summed E-state index contributed by atoms with van der Waals surface area (Å²) >= 11 is 0. The summed E-state index contributed by atoms with van der Waals surface area (Å²) in [5, 5.41) is 0. The van der Waals surface area contributed by atoms with Gasteiger partial charge in [-0.25, -0.2) is 5.84 Å². The van der Waals surface area contributed by atoms with Crippen molar-refractivity contribution in [1.82, 2.24) is 10.3 Å². The van der Waals surface area contributed by atoms with Crippen LogP contribution in [0.25, 0.3) is 0 Å². The van der Waals surface area contributed by atoms with Gasteiger partial charge in [0.2, 0.25) is 0 Å². The van der Waals surface area contributed by atoms with E-state index in [9.17, 15) is 4.79 Å². The van der Waals surface area contributed by atoms with E-state index in [4.69, 9.17) is 5.84 Å². The van der Waals surface area contributed by atoms with E-state index < -0.39 is 0 Å². The van der Waals surface area contributed by atoms with Crippen molar-refractivity contribution in [2.45, 2.75) is 58.5 Å². The number of carbonyl (C=O) groups excluding carboxylic acids is 1. The van der Waals surface area contributed by atoms with Gasteiger partial charge in [-0.1, -0.05) is 27.2 Å². The monoisotopic (exact) mass is 227 g/mol. The third-order valence-corrected chi connectivity index (χ3v) is 3.19. The molecule has 0 heterocycles. The fourth-order valence-corrected chi connectivity index (χ4v) is 2.22. The Labute approximate surface area is 98.5 Å². The fraction of sp³-hybridized carbons (Fsp3) is 0.917. The first-order valence-electron chi connectivity index (χ1n) is 6.38. The smallest absolute Gasteiger partial charge is 0.251 e. The van der Waals surface area contributed by atoms with Crippen LogP contribution in [0.4, 0.5) is 0 Å². The highest BCUT2D eigenvalue weighted by Crippen LogP contribution is 2.31. The van der Waals surface area contributed by atoms with Crippen molar-refractivity contribution in [3.05, 3.63) is 0 Å². The van der Waals surface area contributed by atoms with Crippen molar-refractivity contribution in [2.75, 3.05) is 6.54 Å². The highest BCUT2D eigenvalue weighted by molar-refractivity contribution is 5.81. The van der Waals surface area contributed by atoms with Gasteiger partial charge in [-0.05, 0) is 31.7 Å². The summed E-state index contributed by atoms with van der Waals surface area (Å²) in [7, 11) is 0. The van der Waals surface area contributed by atoms with E-state index in [2.05, 4.69) is 31.1 Å². The van der Waals surface area contributed by atoms with E-state index in [1.165, 1.54) is 12.8 Å². The molecule has 4 nitrogen and oxygen atoms in total. The highest BCUT2D eigenvalue weighted by atomic mass is 16.2. The van der Waals surface area contributed by atoms with Gasteiger partial charge in [0.1, 0.15) is 0 Å². The molecule has 0 bridgehead atoms. The van der Waals surface area contributed by atoms with Gasteiger partial charge in [-0.3, -0.25) is 15.1 Å². The number of carbonyl (C=O) groups is 1. The van der Waals surface area contributed by atoms with Gasteiger partial charge < -0.3 is 0 Å². The number of amides is 1. The molecule has 94 valence electrons. The normalized spacial score (nSPS) is 17.9. The molecule has 4 heteroatoms. The molecule has 1 rings (SSSR count). The molecule has 1 amide bonds. The minimum Gasteiger partial charge on any atom is -0.293 e. The van der Waals surface area contributed by atoms with Crippen LogP contribution in [0, 0.1) is 5.92 Å². The summed E-state index contributed by atoms with van der Waals surface area (Å²) in [5.74, 6) is 5.53. The maximum absolute atomic E-state index is 11.8. The summed E-state index contributed by atoms with van der Waals surface area (Å²) in [6.07, 6.45) is 4.77. The molecule has 1 saturated carbocycles. The molecule has 0 radical (unpaired) electrons. The molecule has 1 atom stereocenters. The first kappa shape index (κ1) is 13.5. The second kappa shape index (κ2) is 6.21. The molecule has 0 aromatic rings. The van der Waals surface area contributed by atoms with Gasteiger partial charge in [0, 0.05) is 6.04 Å². The third kappa shape index (κ3) is 3.46. The number of hydrogen-bond donors (Lipinski definition) is 2. The molecule has 0 aliphatic heterocycles. The highest BCUT2D eigenvalue weighted by Gasteiger charge is 2.37. The van der Waals surface area contributed by atoms with Gasteiger partial charge in [-0.2, -0.15) is 0 Å². The molecule has 0 aromatic heterocycles. The summed E-state index contributed by atoms with van der Waals surface area (Å²) < 4.78 is 0. The first-order chi connectivity index (χ1) is 7.61. The average Bonchev–Trinajstić information content (AvgIpc) is 3.06. The summed E-state index contributed by atoms with van der Waals surface area (Å²) in [6, 6.07) is 0.542. The molecule has 1 aliphatic carbocycles. The third-order valence-electron chi connectivity index (χ3n) is 3.19. The lowest BCUT2D eigenvalue weighted by molar-refractivity contribution is -0.128. The Morgan fingerprint density at radius 1 is 1.50 bits per heavy atom. The Hall–Kier alpha value is -0.610. The number of unbranched alkanes of at least 4 members (excludes halogenated alkanes) is 1. The summed E-state index contributed by atoms with van der Waals surface area (Å²) in [6.45, 7) is 7.36. The van der Waals surface area contributed by atoms with Crippen LogP contribution in [-0.4, -0.2) is 29.4 Å². The minimum absolute atomic E-state index is 0.0435. The van der Waals surface area contributed by atoms with Gasteiger partial charge in [0.15, 0.2) is 0 Å². The van der Waals surface area contributed by atoms with Crippen molar-refractivity contribution in [1.29, 1.82) is 0 Å². The zero-order valence-corrected chi connectivity index (χ0v) is 10.7. The average molecular weight is 227 g/mol. The van der Waals surface area contributed by atoms with Crippen LogP contribution in [0.3, 0.4) is 0 Å². The first-order valence-corrected chi connectivity index (χ1v) is 6.38. The lowest BCUT2D eigenvalue weighted by Gasteiger charge is -2.33. The van der Waals surface area contributed by atoms with Crippen molar-refractivity contribution in [3.63, 3.8) is 0 Å². The Morgan fingerprint density at radius 2 is 2.12 bits per heavy atom. The topological polar surface area (TPSA) is 58.4 Å². The van der Waals surface area contributed by atoms with Crippen molar-refractivity contribution >= 4 is 5.91 Å². The minimum atomic E-state index is -0.0657. The predicted molar refractivity (Wildman–Crippen MR) is 65.6 cm³/mol. The van der Waals surface area contributed by atoms with Crippen LogP contribution in [0.1, 0.15) is 46.5 Å². The Morgan fingerprint density at radius 3 is 2.50 bits per heavy atom. The fourth-order valence-electron chi connectivity index (χ4n) is 2.22. The molecule has 16 heavy (non-hydrogen) atoms. The Bertz CT molecular complexity index is 226. The number of nitrogens with one attached hydrogen (secondary N) is 1. The van der Waals surface area contributed by atoms with E-state index >= 15 is 0 Å². The van der Waals surface area contributed by atoms with E-state index in [0.717, 1.165) is 19.4 Å². The van der Waals surface area contributed by atoms with Crippen LogP contribution < -0.4 is 11.3 Å². The van der Waals surface area contributed by atoms with Crippen molar-refractivity contribution < 1.29 is 4.79 Å². The van der Waals surface area contributed by atoms with Gasteiger partial charge in [-0.15, -0.1) is 0 Å². The van der Waals surface area contributed by atoms with Gasteiger partial charge >= 0.3 is 0 Å². The van der Waals surface area contributed by atoms with Crippen LogP contribution in [0.15, 0.2) is 0 Å². The summed E-state index contributed by atoms with van der Waals surface area (Å²) in [4.78, 5) is 14.2. The Balaban J connectivity index is 2.66. The van der Waals surface area contributed by atoms with Crippen LogP contribution in [0.5, 0.6) is 0 Å². The quantitative estimate of drug-likeness (QED) is 0.391. The SMILES string of the molecule is CCCCN(C1CC1)C(C(=O)NN)C(C)C. The molecule has 0 aromatic carbocycles. The van der Waals surface area contributed by atoms with Gasteiger partial charge in [0.05, 0.1) is 6.04 Å². The largest absolute Gasteiger partial charge is 0.293 e. The van der Waals surface area contributed by atoms with E-state index in [1.807, 2.05) is 0 Å². The van der Waals surface area contributed by atoms with Gasteiger partial charge in [0.25, 0.3) is 5.91 Å². The molecular weight excluding hydrogens is 202 g/mol. The number of hydrogen-bond acceptors (Lipinski definition) is 3. The van der Waals surface area contributed by atoms with Crippen molar-refractivity contribution in [3.8, 4) is 0 Å². The summed E-state index contributed by atoms with van der Waals surface area (Å²) in [5.41, 5.74) is 2.31. The van der Waals surface area contributed by atoms with E-state index in [-0.39, 0.29) is 11.9 Å². The Kier molecular flexibility index (Phi) is 5.22. The molecule has 1 fully saturated rings. The number of rotatable bonds is 7. The second-order valence-electron chi connectivity index (χ2n) is 5.02.